The van der Waals surface area contributed by atoms with Gasteiger partial charge in [0.1, 0.15) is 6.04 Å². The number of unbranched alkanes of at least 4 members (excludes halogenated alkanes) is 1. The third-order valence-corrected chi connectivity index (χ3v) is 9.80. The summed E-state index contributed by atoms with van der Waals surface area (Å²) in [5, 5.41) is 15.4. The molecule has 3 N–H and O–H groups in total. The van der Waals surface area contributed by atoms with E-state index in [0.29, 0.717) is 25.9 Å². The van der Waals surface area contributed by atoms with Crippen LogP contribution < -0.4 is 10.6 Å². The number of amides is 3. The minimum Gasteiger partial charge on any atom is -0.396 e. The summed E-state index contributed by atoms with van der Waals surface area (Å²) in [6.45, 7) is 9.08. The van der Waals surface area contributed by atoms with Crippen LogP contribution in [0.2, 0.25) is 0 Å². The standard InChI is InChI=1S/C26H37N3O4S/c1-5-12-27-22(31)19-20-24(33)29(13-6-7-14-30)21(26(20)11-10-25(19,4)34-26)23(32)28-18-15-16(2)8-9-17(18)3/h8-9,15,19-21,30H,5-7,10-14H2,1-4H3,(H,27,31)(H,28,32)/t19-,20-,21?,25+,26?/m0/s1. The Kier molecular flexibility index (Phi) is 7.02. The zero-order valence-corrected chi connectivity index (χ0v) is 21.5. The first-order valence-corrected chi connectivity index (χ1v) is 13.3. The van der Waals surface area contributed by atoms with Crippen molar-refractivity contribution in [3.05, 3.63) is 29.3 Å². The number of aryl methyl sites for hydroxylation is 2. The normalized spacial score (nSPS) is 31.6. The van der Waals surface area contributed by atoms with E-state index in [1.54, 1.807) is 16.7 Å². The van der Waals surface area contributed by atoms with E-state index in [9.17, 15) is 19.5 Å². The van der Waals surface area contributed by atoms with Crippen LogP contribution in [-0.2, 0) is 14.4 Å². The molecule has 186 valence electrons. The molecule has 2 bridgehead atoms. The molecule has 0 aliphatic carbocycles. The second kappa shape index (κ2) is 9.53. The lowest BCUT2D eigenvalue weighted by Crippen LogP contribution is -2.52. The lowest BCUT2D eigenvalue weighted by molar-refractivity contribution is -0.140. The number of aliphatic hydroxyl groups excluding tert-OH is 1. The number of nitrogens with one attached hydrogen (secondary N) is 2. The molecule has 5 atom stereocenters. The van der Waals surface area contributed by atoms with Crippen LogP contribution in [0.1, 0.15) is 57.1 Å². The maximum absolute atomic E-state index is 13.9. The molecule has 2 unspecified atom stereocenters. The number of carbonyl (C=O) groups excluding carboxylic acids is 3. The average molecular weight is 488 g/mol. The topological polar surface area (TPSA) is 98.7 Å². The van der Waals surface area contributed by atoms with Gasteiger partial charge in [-0.15, -0.1) is 11.8 Å². The van der Waals surface area contributed by atoms with Gasteiger partial charge in [-0.05, 0) is 70.1 Å². The summed E-state index contributed by atoms with van der Waals surface area (Å²) in [6, 6.07) is 5.31. The van der Waals surface area contributed by atoms with Crippen molar-refractivity contribution in [3.8, 4) is 0 Å². The molecule has 3 heterocycles. The highest BCUT2D eigenvalue weighted by molar-refractivity contribution is 8.02. The molecule has 4 rings (SSSR count). The van der Waals surface area contributed by atoms with Gasteiger partial charge in [-0.25, -0.2) is 0 Å². The number of hydrogen-bond donors (Lipinski definition) is 3. The monoisotopic (exact) mass is 487 g/mol. The molecule has 0 aromatic heterocycles. The van der Waals surface area contributed by atoms with Crippen molar-refractivity contribution in [2.75, 3.05) is 25.0 Å². The van der Waals surface area contributed by atoms with Gasteiger partial charge in [0.2, 0.25) is 17.7 Å². The Bertz CT molecular complexity index is 985. The van der Waals surface area contributed by atoms with Gasteiger partial charge in [0.25, 0.3) is 0 Å². The largest absolute Gasteiger partial charge is 0.396 e. The molecule has 1 spiro atoms. The predicted octanol–water partition coefficient (Wildman–Crippen LogP) is 3.02. The Hall–Kier alpha value is -2.06. The predicted molar refractivity (Wildman–Crippen MR) is 135 cm³/mol. The molecule has 3 aliphatic rings. The maximum Gasteiger partial charge on any atom is 0.248 e. The van der Waals surface area contributed by atoms with Crippen LogP contribution in [0.3, 0.4) is 0 Å². The molecule has 0 saturated carbocycles. The molecular weight excluding hydrogens is 450 g/mol. The molecule has 3 saturated heterocycles. The molecule has 34 heavy (non-hydrogen) atoms. The Labute approximate surface area is 206 Å². The number of carbonyl (C=O) groups is 3. The number of rotatable bonds is 9. The maximum atomic E-state index is 13.9. The number of thioether (sulfide) groups is 1. The molecule has 3 fully saturated rings. The van der Waals surface area contributed by atoms with Gasteiger partial charge in [0, 0.05) is 30.1 Å². The number of fused-ring (bicyclic) bond motifs is 1. The van der Waals surface area contributed by atoms with E-state index in [0.717, 1.165) is 36.1 Å². The van der Waals surface area contributed by atoms with Crippen LogP contribution in [0, 0.1) is 25.7 Å². The van der Waals surface area contributed by atoms with Crippen LogP contribution >= 0.6 is 11.8 Å². The fourth-order valence-corrected chi connectivity index (χ4v) is 8.55. The van der Waals surface area contributed by atoms with Gasteiger partial charge in [-0.1, -0.05) is 19.1 Å². The first kappa shape index (κ1) is 25.0. The Morgan fingerprint density at radius 1 is 1.21 bits per heavy atom. The lowest BCUT2D eigenvalue weighted by Gasteiger charge is -2.35. The number of aliphatic hydroxyl groups is 1. The van der Waals surface area contributed by atoms with Crippen LogP contribution in [0.4, 0.5) is 5.69 Å². The fraction of sp³-hybridized carbons (Fsp3) is 0.654. The second-order valence-corrected chi connectivity index (χ2v) is 12.2. The van der Waals surface area contributed by atoms with E-state index in [1.807, 2.05) is 39.0 Å². The van der Waals surface area contributed by atoms with E-state index in [1.165, 1.54) is 0 Å². The summed E-state index contributed by atoms with van der Waals surface area (Å²) < 4.78 is -0.964. The second-order valence-electron chi connectivity index (χ2n) is 10.3. The molecular formula is C26H37N3O4S. The van der Waals surface area contributed by atoms with Gasteiger partial charge >= 0.3 is 0 Å². The Balaban J connectivity index is 1.70. The molecule has 1 aromatic carbocycles. The quantitative estimate of drug-likeness (QED) is 0.465. The highest BCUT2D eigenvalue weighted by atomic mass is 32.2. The lowest BCUT2D eigenvalue weighted by atomic mass is 9.66. The summed E-state index contributed by atoms with van der Waals surface area (Å²) in [7, 11) is 0. The minimum absolute atomic E-state index is 0.0465. The van der Waals surface area contributed by atoms with Gasteiger partial charge in [0.15, 0.2) is 0 Å². The van der Waals surface area contributed by atoms with Crippen molar-refractivity contribution < 1.29 is 19.5 Å². The Morgan fingerprint density at radius 2 is 1.97 bits per heavy atom. The van der Waals surface area contributed by atoms with Gasteiger partial charge in [0.05, 0.1) is 16.6 Å². The van der Waals surface area contributed by atoms with Gasteiger partial charge < -0.3 is 20.6 Å². The molecule has 8 heteroatoms. The van der Waals surface area contributed by atoms with Crippen LogP contribution in [0.25, 0.3) is 0 Å². The minimum atomic E-state index is -0.639. The average Bonchev–Trinajstić information content (AvgIpc) is 3.36. The molecule has 3 amide bonds. The van der Waals surface area contributed by atoms with Crippen LogP contribution in [-0.4, -0.2) is 63.0 Å². The van der Waals surface area contributed by atoms with Crippen molar-refractivity contribution in [2.45, 2.75) is 75.3 Å². The number of likely N-dealkylation sites (tertiary alicyclic amines) is 1. The Morgan fingerprint density at radius 3 is 2.68 bits per heavy atom. The molecule has 3 aliphatic heterocycles. The first-order valence-electron chi connectivity index (χ1n) is 12.5. The fourth-order valence-electron chi connectivity index (χ4n) is 6.19. The van der Waals surface area contributed by atoms with Gasteiger partial charge in [-0.3, -0.25) is 14.4 Å². The molecule has 7 nitrogen and oxygen atoms in total. The zero-order chi connectivity index (χ0) is 24.7. The van der Waals surface area contributed by atoms with Gasteiger partial charge in [-0.2, -0.15) is 0 Å². The molecule has 1 aromatic rings. The summed E-state index contributed by atoms with van der Waals surface area (Å²) >= 11 is 1.69. The van der Waals surface area contributed by atoms with Crippen molar-refractivity contribution >= 4 is 35.2 Å². The highest BCUT2D eigenvalue weighted by Gasteiger charge is 2.76. The number of nitrogens with zero attached hydrogens (tertiary/aromatic N) is 1. The van der Waals surface area contributed by atoms with Crippen molar-refractivity contribution in [2.24, 2.45) is 11.8 Å². The summed E-state index contributed by atoms with van der Waals surface area (Å²) in [5.41, 5.74) is 2.78. The third kappa shape index (κ3) is 4.02. The van der Waals surface area contributed by atoms with Crippen molar-refractivity contribution in [1.29, 1.82) is 0 Å². The highest BCUT2D eigenvalue weighted by Crippen LogP contribution is 2.71. The van der Waals surface area contributed by atoms with Crippen LogP contribution in [0.5, 0.6) is 0 Å². The van der Waals surface area contributed by atoms with Crippen molar-refractivity contribution in [3.63, 3.8) is 0 Å². The number of hydrogen-bond acceptors (Lipinski definition) is 5. The van der Waals surface area contributed by atoms with E-state index in [2.05, 4.69) is 17.6 Å². The first-order chi connectivity index (χ1) is 16.2. The third-order valence-electron chi connectivity index (χ3n) is 7.81. The zero-order valence-electron chi connectivity index (χ0n) is 20.6. The molecule has 0 radical (unpaired) electrons. The SMILES string of the molecule is CCCNC(=O)[C@@H]1[C@H]2C(=O)N(CCCCO)C(C(=O)Nc3cc(C)ccc3C)C23CC[C@@]1(C)S3. The van der Waals surface area contributed by atoms with E-state index in [-0.39, 0.29) is 29.1 Å². The summed E-state index contributed by atoms with van der Waals surface area (Å²) in [5.74, 6) is -1.28. The van der Waals surface area contributed by atoms with E-state index >= 15 is 0 Å². The number of benzene rings is 1. The van der Waals surface area contributed by atoms with E-state index in [4.69, 9.17) is 0 Å². The number of anilines is 1. The smallest absolute Gasteiger partial charge is 0.248 e. The van der Waals surface area contributed by atoms with Crippen molar-refractivity contribution in [1.82, 2.24) is 10.2 Å². The summed E-state index contributed by atoms with van der Waals surface area (Å²) in [6.07, 6.45) is 3.57. The van der Waals surface area contributed by atoms with E-state index < -0.39 is 22.6 Å². The summed E-state index contributed by atoms with van der Waals surface area (Å²) in [4.78, 5) is 42.7. The van der Waals surface area contributed by atoms with Crippen LogP contribution in [0.15, 0.2) is 18.2 Å².